The molecule has 2 N–H and O–H groups in total. The van der Waals surface area contributed by atoms with Gasteiger partial charge in [-0.1, -0.05) is 0 Å². The number of hydrogen-bond donors (Lipinski definition) is 2. The summed E-state index contributed by atoms with van der Waals surface area (Å²) in [6.45, 7) is 1.68. The minimum Gasteiger partial charge on any atom is -0.379 e. The van der Waals surface area contributed by atoms with Crippen LogP contribution in [0.15, 0.2) is 0 Å². The van der Waals surface area contributed by atoms with E-state index in [0.717, 1.165) is 0 Å². The van der Waals surface area contributed by atoms with E-state index in [1.54, 1.807) is 0 Å². The Hall–Kier alpha value is 0.0300. The molecule has 0 bridgehead atoms. The molecular formula is C4H10NO5P. The first-order chi connectivity index (χ1) is 5.08. The van der Waals surface area contributed by atoms with Crippen LogP contribution in [-0.4, -0.2) is 41.2 Å². The van der Waals surface area contributed by atoms with Crippen LogP contribution in [0.3, 0.4) is 0 Å². The van der Waals surface area contributed by atoms with Crippen LogP contribution in [0, 0.1) is 0 Å². The van der Waals surface area contributed by atoms with E-state index in [0.29, 0.717) is 26.3 Å². The number of rotatable bonds is 2. The molecule has 0 spiro atoms. The van der Waals surface area contributed by atoms with Crippen LogP contribution in [0.2, 0.25) is 0 Å². The molecule has 6 nitrogen and oxygen atoms in total. The minimum atomic E-state index is -4.36. The molecule has 7 heteroatoms. The zero-order chi connectivity index (χ0) is 8.32. The predicted molar refractivity (Wildman–Crippen MR) is 35.5 cm³/mol. The van der Waals surface area contributed by atoms with E-state index in [4.69, 9.17) is 14.5 Å². The van der Waals surface area contributed by atoms with Gasteiger partial charge in [0.15, 0.2) is 0 Å². The summed E-state index contributed by atoms with van der Waals surface area (Å²) in [5.74, 6) is 0. The smallest absolute Gasteiger partial charge is 0.379 e. The molecule has 1 aliphatic heterocycles. The van der Waals surface area contributed by atoms with Gasteiger partial charge in [-0.05, 0) is 0 Å². The SMILES string of the molecule is O=P(O)(O)ON1CCOCC1. The third kappa shape index (κ3) is 3.81. The first-order valence-electron chi connectivity index (χ1n) is 3.16. The molecule has 0 unspecified atom stereocenters. The van der Waals surface area contributed by atoms with Crippen molar-refractivity contribution in [3.63, 3.8) is 0 Å². The molecule has 0 aromatic heterocycles. The van der Waals surface area contributed by atoms with Gasteiger partial charge in [0.05, 0.1) is 13.2 Å². The summed E-state index contributed by atoms with van der Waals surface area (Å²) in [7, 11) is -4.36. The second kappa shape index (κ2) is 3.62. The van der Waals surface area contributed by atoms with Crippen molar-refractivity contribution in [2.45, 2.75) is 0 Å². The molecule has 1 saturated heterocycles. The molecule has 11 heavy (non-hydrogen) atoms. The Morgan fingerprint density at radius 3 is 2.36 bits per heavy atom. The number of hydroxylamine groups is 2. The van der Waals surface area contributed by atoms with Crippen LogP contribution in [-0.2, 0) is 13.9 Å². The number of morpholine rings is 1. The van der Waals surface area contributed by atoms with E-state index in [-0.39, 0.29) is 0 Å². The predicted octanol–water partition coefficient (Wildman–Crippen LogP) is -0.657. The first-order valence-corrected chi connectivity index (χ1v) is 4.69. The van der Waals surface area contributed by atoms with Crippen LogP contribution in [0.5, 0.6) is 0 Å². The number of phosphoric acid groups is 1. The molecule has 0 aliphatic carbocycles. The zero-order valence-electron chi connectivity index (χ0n) is 5.84. The van der Waals surface area contributed by atoms with Gasteiger partial charge >= 0.3 is 7.82 Å². The van der Waals surface area contributed by atoms with Crippen molar-refractivity contribution < 1.29 is 23.7 Å². The van der Waals surface area contributed by atoms with Crippen LogP contribution < -0.4 is 0 Å². The lowest BCUT2D eigenvalue weighted by Crippen LogP contribution is -2.35. The molecule has 1 aliphatic rings. The second-order valence-electron chi connectivity index (χ2n) is 2.11. The van der Waals surface area contributed by atoms with Crippen molar-refractivity contribution in [2.75, 3.05) is 26.3 Å². The highest BCUT2D eigenvalue weighted by molar-refractivity contribution is 7.46. The Kier molecular flexibility index (Phi) is 3.00. The van der Waals surface area contributed by atoms with Gasteiger partial charge in [-0.3, -0.25) is 0 Å². The number of nitrogens with zero attached hydrogens (tertiary/aromatic N) is 1. The summed E-state index contributed by atoms with van der Waals surface area (Å²) in [6, 6.07) is 0. The Bertz CT molecular complexity index is 162. The average molecular weight is 183 g/mol. The van der Waals surface area contributed by atoms with Crippen LogP contribution in [0.4, 0.5) is 0 Å². The third-order valence-corrected chi connectivity index (χ3v) is 1.64. The monoisotopic (exact) mass is 183 g/mol. The Balaban J connectivity index is 2.30. The highest BCUT2D eigenvalue weighted by atomic mass is 31.2. The maximum Gasteiger partial charge on any atom is 0.486 e. The molecule has 1 fully saturated rings. The maximum atomic E-state index is 10.3. The summed E-state index contributed by atoms with van der Waals surface area (Å²) < 4.78 is 19.5. The zero-order valence-corrected chi connectivity index (χ0v) is 6.74. The summed E-state index contributed by atoms with van der Waals surface area (Å²) in [5, 5.41) is 1.21. The van der Waals surface area contributed by atoms with Gasteiger partial charge in [-0.25, -0.2) is 4.57 Å². The summed E-state index contributed by atoms with van der Waals surface area (Å²) >= 11 is 0. The van der Waals surface area contributed by atoms with Crippen molar-refractivity contribution in [2.24, 2.45) is 0 Å². The molecule has 0 amide bonds. The molecule has 0 atom stereocenters. The standard InChI is InChI=1S/C4H10NO5P/c6-11(7,8)10-5-1-3-9-4-2-5/h1-4H2,(H2,6,7,8). The fraction of sp³-hybridized carbons (Fsp3) is 1.00. The quantitative estimate of drug-likeness (QED) is 0.553. The van der Waals surface area contributed by atoms with Gasteiger partial charge in [-0.15, -0.1) is 0 Å². The molecule has 0 aromatic carbocycles. The van der Waals surface area contributed by atoms with E-state index in [2.05, 4.69) is 4.62 Å². The first kappa shape index (κ1) is 9.12. The summed E-state index contributed by atoms with van der Waals surface area (Å²) in [6.07, 6.45) is 0. The fourth-order valence-corrected chi connectivity index (χ4v) is 1.24. The molecule has 66 valence electrons. The molecule has 1 heterocycles. The largest absolute Gasteiger partial charge is 0.486 e. The van der Waals surface area contributed by atoms with Crippen molar-refractivity contribution >= 4 is 7.82 Å². The Morgan fingerprint density at radius 2 is 1.91 bits per heavy atom. The van der Waals surface area contributed by atoms with Gasteiger partial charge in [0.1, 0.15) is 0 Å². The van der Waals surface area contributed by atoms with Crippen molar-refractivity contribution in [1.82, 2.24) is 5.06 Å². The highest BCUT2D eigenvalue weighted by Crippen LogP contribution is 2.37. The van der Waals surface area contributed by atoms with Gasteiger partial charge < -0.3 is 14.5 Å². The molecular weight excluding hydrogens is 173 g/mol. The maximum absolute atomic E-state index is 10.3. The van der Waals surface area contributed by atoms with Crippen LogP contribution >= 0.6 is 7.82 Å². The lowest BCUT2D eigenvalue weighted by molar-refractivity contribution is -0.132. The molecule has 0 saturated carbocycles. The van der Waals surface area contributed by atoms with Crippen molar-refractivity contribution in [1.29, 1.82) is 0 Å². The molecule has 0 aromatic rings. The van der Waals surface area contributed by atoms with Gasteiger partial charge in [0, 0.05) is 13.1 Å². The lowest BCUT2D eigenvalue weighted by atomic mass is 10.5. The van der Waals surface area contributed by atoms with E-state index in [1.807, 2.05) is 0 Å². The minimum absolute atomic E-state index is 0.394. The van der Waals surface area contributed by atoms with E-state index >= 15 is 0 Å². The lowest BCUT2D eigenvalue weighted by Gasteiger charge is -2.25. The Labute approximate surface area is 63.9 Å². The molecule has 1 rings (SSSR count). The van der Waals surface area contributed by atoms with Crippen molar-refractivity contribution in [3.05, 3.63) is 0 Å². The number of ether oxygens (including phenoxy) is 1. The van der Waals surface area contributed by atoms with Crippen LogP contribution in [0.1, 0.15) is 0 Å². The second-order valence-corrected chi connectivity index (χ2v) is 3.26. The van der Waals surface area contributed by atoms with Crippen LogP contribution in [0.25, 0.3) is 0 Å². The highest BCUT2D eigenvalue weighted by Gasteiger charge is 2.21. The van der Waals surface area contributed by atoms with E-state index in [9.17, 15) is 4.57 Å². The van der Waals surface area contributed by atoms with E-state index in [1.165, 1.54) is 5.06 Å². The van der Waals surface area contributed by atoms with Crippen molar-refractivity contribution in [3.8, 4) is 0 Å². The number of hydrogen-bond acceptors (Lipinski definition) is 4. The summed E-state index contributed by atoms with van der Waals surface area (Å²) in [4.78, 5) is 16.8. The third-order valence-electron chi connectivity index (χ3n) is 1.19. The van der Waals surface area contributed by atoms with Gasteiger partial charge in [-0.2, -0.15) is 9.69 Å². The normalized spacial score (nSPS) is 22.0. The molecule has 0 radical (unpaired) electrons. The topological polar surface area (TPSA) is 79.2 Å². The average Bonchev–Trinajstić information content (AvgIpc) is 1.85. The van der Waals surface area contributed by atoms with E-state index < -0.39 is 7.82 Å². The van der Waals surface area contributed by atoms with Gasteiger partial charge in [0.25, 0.3) is 0 Å². The fourth-order valence-electron chi connectivity index (χ4n) is 0.779. The van der Waals surface area contributed by atoms with Gasteiger partial charge in [0.2, 0.25) is 0 Å². The Morgan fingerprint density at radius 1 is 1.36 bits per heavy atom. The summed E-state index contributed by atoms with van der Waals surface area (Å²) in [5.41, 5.74) is 0.